The van der Waals surface area contributed by atoms with Crippen LogP contribution in [0, 0.1) is 11.6 Å². The molecule has 0 aliphatic carbocycles. The molecule has 0 unspecified atom stereocenters. The van der Waals surface area contributed by atoms with Crippen molar-refractivity contribution in [1.29, 1.82) is 0 Å². The van der Waals surface area contributed by atoms with E-state index < -0.39 is 11.6 Å². The van der Waals surface area contributed by atoms with Gasteiger partial charge in [-0.3, -0.25) is 0 Å². The lowest BCUT2D eigenvalue weighted by Crippen LogP contribution is -2.24. The van der Waals surface area contributed by atoms with Crippen LogP contribution in [0.25, 0.3) is 11.4 Å². The van der Waals surface area contributed by atoms with Crippen molar-refractivity contribution in [2.75, 3.05) is 6.54 Å². The van der Waals surface area contributed by atoms with Crippen LogP contribution in [-0.2, 0) is 13.0 Å². The van der Waals surface area contributed by atoms with Crippen LogP contribution >= 0.6 is 0 Å². The minimum absolute atomic E-state index is 0.439. The largest absolute Gasteiger partial charge is 0.312 e. The van der Waals surface area contributed by atoms with E-state index in [-0.39, 0.29) is 0 Å². The molecule has 1 aliphatic rings. The Kier molecular flexibility index (Phi) is 2.76. The van der Waals surface area contributed by atoms with E-state index in [1.165, 1.54) is 6.07 Å². The van der Waals surface area contributed by atoms with Crippen molar-refractivity contribution < 1.29 is 8.78 Å². The van der Waals surface area contributed by atoms with Gasteiger partial charge in [-0.2, -0.15) is 0 Å². The van der Waals surface area contributed by atoms with Crippen molar-refractivity contribution in [3.8, 4) is 11.4 Å². The van der Waals surface area contributed by atoms with E-state index in [1.807, 2.05) is 0 Å². The van der Waals surface area contributed by atoms with Crippen LogP contribution < -0.4 is 5.32 Å². The van der Waals surface area contributed by atoms with Crippen molar-refractivity contribution in [1.82, 2.24) is 15.3 Å². The molecule has 18 heavy (non-hydrogen) atoms. The molecule has 0 spiro atoms. The molecule has 92 valence electrons. The Morgan fingerprint density at radius 2 is 2.06 bits per heavy atom. The number of hydrogen-bond donors (Lipinski definition) is 1. The van der Waals surface area contributed by atoms with E-state index in [9.17, 15) is 8.78 Å². The highest BCUT2D eigenvalue weighted by molar-refractivity contribution is 5.55. The van der Waals surface area contributed by atoms with Gasteiger partial charge < -0.3 is 5.32 Å². The van der Waals surface area contributed by atoms with Gasteiger partial charge in [-0.25, -0.2) is 18.7 Å². The fourth-order valence-electron chi connectivity index (χ4n) is 2.01. The summed E-state index contributed by atoms with van der Waals surface area (Å²) in [5.74, 6) is -1.30. The third kappa shape index (κ3) is 1.97. The summed E-state index contributed by atoms with van der Waals surface area (Å²) in [6, 6.07) is 3.70. The van der Waals surface area contributed by atoms with Gasteiger partial charge in [-0.1, -0.05) is 0 Å². The van der Waals surface area contributed by atoms with Crippen molar-refractivity contribution in [3.05, 3.63) is 47.3 Å². The molecule has 0 fully saturated rings. The van der Waals surface area contributed by atoms with E-state index >= 15 is 0 Å². The first-order valence-electron chi connectivity index (χ1n) is 5.75. The molecule has 1 N–H and O–H groups in total. The van der Waals surface area contributed by atoms with Crippen LogP contribution in [0.2, 0.25) is 0 Å². The summed E-state index contributed by atoms with van der Waals surface area (Å²) in [7, 11) is 0. The Bertz CT molecular complexity index is 599. The molecule has 1 aromatic heterocycles. The molecule has 0 saturated carbocycles. The van der Waals surface area contributed by atoms with Crippen LogP contribution in [0.3, 0.4) is 0 Å². The van der Waals surface area contributed by atoms with Gasteiger partial charge in [0.2, 0.25) is 0 Å². The van der Waals surface area contributed by atoms with Crippen LogP contribution in [0.1, 0.15) is 11.3 Å². The number of hydrogen-bond acceptors (Lipinski definition) is 3. The van der Waals surface area contributed by atoms with E-state index in [2.05, 4.69) is 15.3 Å². The minimum Gasteiger partial charge on any atom is -0.312 e. The maximum absolute atomic E-state index is 13.2. The molecule has 2 heterocycles. The summed E-state index contributed by atoms with van der Waals surface area (Å²) in [6.45, 7) is 1.63. The van der Waals surface area contributed by atoms with Crippen LogP contribution in [0.15, 0.2) is 24.4 Å². The number of halogens is 2. The molecular weight excluding hydrogens is 236 g/mol. The normalized spacial score (nSPS) is 14.3. The SMILES string of the molecule is Fc1ccc(-c2ncc3c(n2)CCNC3)cc1F. The first kappa shape index (κ1) is 11.2. The van der Waals surface area contributed by atoms with Crippen LogP contribution in [0.4, 0.5) is 8.78 Å². The monoisotopic (exact) mass is 247 g/mol. The molecule has 2 aromatic rings. The van der Waals surface area contributed by atoms with Gasteiger partial charge in [0.15, 0.2) is 17.5 Å². The highest BCUT2D eigenvalue weighted by atomic mass is 19.2. The molecule has 0 radical (unpaired) electrons. The first-order chi connectivity index (χ1) is 8.74. The lowest BCUT2D eigenvalue weighted by atomic mass is 10.1. The Morgan fingerprint density at radius 1 is 1.17 bits per heavy atom. The summed E-state index contributed by atoms with van der Waals surface area (Å²) in [5.41, 5.74) is 2.53. The molecule has 0 atom stereocenters. The zero-order valence-corrected chi connectivity index (χ0v) is 9.58. The quantitative estimate of drug-likeness (QED) is 0.838. The van der Waals surface area contributed by atoms with Crippen molar-refractivity contribution in [2.45, 2.75) is 13.0 Å². The molecule has 0 saturated heterocycles. The third-order valence-electron chi connectivity index (χ3n) is 2.99. The number of fused-ring (bicyclic) bond motifs is 1. The van der Waals surface area contributed by atoms with E-state index in [4.69, 9.17) is 0 Å². The smallest absolute Gasteiger partial charge is 0.159 e. The zero-order chi connectivity index (χ0) is 12.5. The summed E-state index contributed by atoms with van der Waals surface area (Å²) < 4.78 is 26.0. The lowest BCUT2D eigenvalue weighted by Gasteiger charge is -2.16. The molecule has 1 aliphatic heterocycles. The second-order valence-electron chi connectivity index (χ2n) is 4.22. The number of aromatic nitrogens is 2. The Morgan fingerprint density at radius 3 is 2.89 bits per heavy atom. The summed E-state index contributed by atoms with van der Waals surface area (Å²) in [6.07, 6.45) is 2.57. The van der Waals surface area contributed by atoms with Gasteiger partial charge in [-0.05, 0) is 18.2 Å². The zero-order valence-electron chi connectivity index (χ0n) is 9.58. The Hall–Kier alpha value is -1.88. The fraction of sp³-hybridized carbons (Fsp3) is 0.231. The second kappa shape index (κ2) is 4.42. The Labute approximate surface area is 103 Å². The maximum atomic E-state index is 13.2. The molecule has 0 amide bonds. The number of benzene rings is 1. The summed E-state index contributed by atoms with van der Waals surface area (Å²) >= 11 is 0. The van der Waals surface area contributed by atoms with Crippen molar-refractivity contribution >= 4 is 0 Å². The predicted octanol–water partition coefficient (Wildman–Crippen LogP) is 2.07. The number of nitrogens with one attached hydrogen (secondary N) is 1. The maximum Gasteiger partial charge on any atom is 0.159 e. The van der Waals surface area contributed by atoms with Gasteiger partial charge >= 0.3 is 0 Å². The highest BCUT2D eigenvalue weighted by Crippen LogP contribution is 2.20. The van der Waals surface area contributed by atoms with Gasteiger partial charge in [0, 0.05) is 36.8 Å². The summed E-state index contributed by atoms with van der Waals surface area (Å²) in [5, 5.41) is 3.23. The lowest BCUT2D eigenvalue weighted by molar-refractivity contribution is 0.509. The van der Waals surface area contributed by atoms with E-state index in [0.717, 1.165) is 42.9 Å². The van der Waals surface area contributed by atoms with E-state index in [0.29, 0.717) is 11.4 Å². The van der Waals surface area contributed by atoms with Gasteiger partial charge in [0.25, 0.3) is 0 Å². The van der Waals surface area contributed by atoms with Crippen LogP contribution in [-0.4, -0.2) is 16.5 Å². The molecule has 1 aromatic carbocycles. The molecule has 5 heteroatoms. The number of rotatable bonds is 1. The topological polar surface area (TPSA) is 37.8 Å². The first-order valence-corrected chi connectivity index (χ1v) is 5.75. The second-order valence-corrected chi connectivity index (χ2v) is 4.22. The summed E-state index contributed by atoms with van der Waals surface area (Å²) in [4.78, 5) is 8.61. The molecule has 3 rings (SSSR count). The highest BCUT2D eigenvalue weighted by Gasteiger charge is 2.13. The Balaban J connectivity index is 2.03. The number of nitrogens with zero attached hydrogens (tertiary/aromatic N) is 2. The van der Waals surface area contributed by atoms with Gasteiger partial charge in [0.05, 0.1) is 5.69 Å². The minimum atomic E-state index is -0.879. The third-order valence-corrected chi connectivity index (χ3v) is 2.99. The van der Waals surface area contributed by atoms with Gasteiger partial charge in [0.1, 0.15) is 0 Å². The molecule has 3 nitrogen and oxygen atoms in total. The fourth-order valence-corrected chi connectivity index (χ4v) is 2.01. The average Bonchev–Trinajstić information content (AvgIpc) is 2.41. The van der Waals surface area contributed by atoms with Crippen molar-refractivity contribution in [2.24, 2.45) is 0 Å². The molecular formula is C13H11F2N3. The standard InChI is InChI=1S/C13H11F2N3/c14-10-2-1-8(5-11(10)15)13-17-7-9-6-16-4-3-12(9)18-13/h1-2,5,7,16H,3-4,6H2. The van der Waals surface area contributed by atoms with Crippen LogP contribution in [0.5, 0.6) is 0 Å². The predicted molar refractivity (Wildman–Crippen MR) is 62.8 cm³/mol. The van der Waals surface area contributed by atoms with Gasteiger partial charge in [-0.15, -0.1) is 0 Å². The molecule has 0 bridgehead atoms. The average molecular weight is 247 g/mol. The van der Waals surface area contributed by atoms with Crippen molar-refractivity contribution in [3.63, 3.8) is 0 Å². The van der Waals surface area contributed by atoms with E-state index in [1.54, 1.807) is 6.20 Å².